The Bertz CT molecular complexity index is 1060. The van der Waals surface area contributed by atoms with E-state index in [2.05, 4.69) is 20.9 Å². The van der Waals surface area contributed by atoms with Crippen LogP contribution in [0.2, 0.25) is 0 Å². The molecule has 3 rings (SSSR count). The van der Waals surface area contributed by atoms with Gasteiger partial charge < -0.3 is 10.2 Å². The van der Waals surface area contributed by atoms with Gasteiger partial charge >= 0.3 is 0 Å². The molecule has 0 aliphatic carbocycles. The highest BCUT2D eigenvalue weighted by Gasteiger charge is 2.14. The van der Waals surface area contributed by atoms with Crippen LogP contribution in [0.4, 0.5) is 0 Å². The molecule has 0 spiro atoms. The molecule has 1 aromatic heterocycles. The van der Waals surface area contributed by atoms with E-state index in [-0.39, 0.29) is 34.2 Å². The van der Waals surface area contributed by atoms with Gasteiger partial charge in [-0.2, -0.15) is 0 Å². The summed E-state index contributed by atoms with van der Waals surface area (Å²) in [6.45, 7) is 2.28. The average Bonchev–Trinajstić information content (AvgIpc) is 2.62. The summed E-state index contributed by atoms with van der Waals surface area (Å²) in [6, 6.07) is 9.22. The number of halogens is 1. The summed E-state index contributed by atoms with van der Waals surface area (Å²) in [5.74, 6) is -0.811. The van der Waals surface area contributed by atoms with E-state index < -0.39 is 0 Å². The molecule has 6 nitrogen and oxygen atoms in total. The maximum atomic E-state index is 12.7. The molecule has 2 N–H and O–H groups in total. The Kier molecular flexibility index (Phi) is 5.33. The number of hydrogen-bond donors (Lipinski definition) is 2. The number of thioether (sulfide) groups is 1. The molecule has 0 amide bonds. The number of nitrogens with zero attached hydrogens (tertiary/aromatic N) is 2. The van der Waals surface area contributed by atoms with Crippen molar-refractivity contribution in [2.24, 2.45) is 0 Å². The third-order valence-corrected chi connectivity index (χ3v) is 5.30. The van der Waals surface area contributed by atoms with Gasteiger partial charge in [0, 0.05) is 16.6 Å². The second kappa shape index (κ2) is 7.51. The minimum absolute atomic E-state index is 0.0543. The van der Waals surface area contributed by atoms with E-state index in [0.29, 0.717) is 22.6 Å². The van der Waals surface area contributed by atoms with Crippen LogP contribution >= 0.6 is 27.7 Å². The van der Waals surface area contributed by atoms with Crippen LogP contribution in [0.25, 0.3) is 10.9 Å². The van der Waals surface area contributed by atoms with Crippen molar-refractivity contribution in [2.75, 3.05) is 5.75 Å². The van der Waals surface area contributed by atoms with Crippen LogP contribution in [0.15, 0.2) is 50.8 Å². The first-order chi connectivity index (χ1) is 12.4. The molecular weight excluding hydrogens is 420 g/mol. The number of Topliss-reactive ketones (excluding diaryl/α,β-unsaturated/α-hetero) is 1. The second-order valence-electron chi connectivity index (χ2n) is 5.52. The summed E-state index contributed by atoms with van der Waals surface area (Å²) < 4.78 is 2.33. The highest BCUT2D eigenvalue weighted by atomic mass is 79.9. The Morgan fingerprint density at radius 3 is 2.65 bits per heavy atom. The van der Waals surface area contributed by atoms with Gasteiger partial charge in [-0.15, -0.1) is 0 Å². The lowest BCUT2D eigenvalue weighted by Crippen LogP contribution is -2.23. The zero-order chi connectivity index (χ0) is 18.8. The first-order valence-electron chi connectivity index (χ1n) is 7.78. The van der Waals surface area contributed by atoms with Gasteiger partial charge in [-0.3, -0.25) is 14.2 Å². The molecule has 0 fully saturated rings. The molecule has 0 atom stereocenters. The zero-order valence-electron chi connectivity index (χ0n) is 13.8. The van der Waals surface area contributed by atoms with E-state index in [9.17, 15) is 19.8 Å². The van der Waals surface area contributed by atoms with Crippen molar-refractivity contribution in [1.29, 1.82) is 0 Å². The van der Waals surface area contributed by atoms with Gasteiger partial charge in [-0.25, -0.2) is 4.98 Å². The molecule has 0 saturated heterocycles. The summed E-state index contributed by atoms with van der Waals surface area (Å²) in [7, 11) is 0. The van der Waals surface area contributed by atoms with E-state index in [0.717, 1.165) is 16.2 Å². The number of aromatic hydroxyl groups is 2. The van der Waals surface area contributed by atoms with E-state index in [4.69, 9.17) is 0 Å². The Hall–Kier alpha value is -2.32. The van der Waals surface area contributed by atoms with E-state index in [1.165, 1.54) is 22.8 Å². The molecule has 26 heavy (non-hydrogen) atoms. The SMILES string of the molecule is CCn1c(SCC(=O)c2ccc(O)c(O)c2)nc2ccc(Br)cc2c1=O. The first-order valence-corrected chi connectivity index (χ1v) is 9.56. The fraction of sp³-hybridized carbons (Fsp3) is 0.167. The average molecular weight is 435 g/mol. The molecule has 0 bridgehead atoms. The molecule has 3 aromatic rings. The van der Waals surface area contributed by atoms with Crippen molar-refractivity contribution < 1.29 is 15.0 Å². The molecule has 0 unspecified atom stereocenters. The molecule has 0 aliphatic heterocycles. The number of hydrogen-bond acceptors (Lipinski definition) is 6. The number of aromatic nitrogens is 2. The highest BCUT2D eigenvalue weighted by molar-refractivity contribution is 9.10. The Balaban J connectivity index is 1.90. The summed E-state index contributed by atoms with van der Waals surface area (Å²) in [5, 5.41) is 19.8. The lowest BCUT2D eigenvalue weighted by atomic mass is 10.1. The summed E-state index contributed by atoms with van der Waals surface area (Å²) in [4.78, 5) is 29.5. The van der Waals surface area contributed by atoms with Crippen LogP contribution in [0.3, 0.4) is 0 Å². The van der Waals surface area contributed by atoms with E-state index in [1.54, 1.807) is 12.1 Å². The second-order valence-corrected chi connectivity index (χ2v) is 7.38. The Morgan fingerprint density at radius 1 is 1.19 bits per heavy atom. The standard InChI is InChI=1S/C18H15BrN2O4S/c1-2-21-17(25)12-8-11(19)4-5-13(12)20-18(21)26-9-16(24)10-3-6-14(22)15(23)7-10/h3-8,22-23H,2,9H2,1H3. The van der Waals surface area contributed by atoms with Crippen LogP contribution in [0.5, 0.6) is 11.5 Å². The van der Waals surface area contributed by atoms with Gasteiger partial charge in [-0.05, 0) is 43.3 Å². The fourth-order valence-corrected chi connectivity index (χ4v) is 3.79. The van der Waals surface area contributed by atoms with Gasteiger partial charge in [0.05, 0.1) is 16.7 Å². The lowest BCUT2D eigenvalue weighted by Gasteiger charge is -2.11. The third-order valence-electron chi connectivity index (χ3n) is 3.83. The molecular formula is C18H15BrN2O4S. The minimum Gasteiger partial charge on any atom is -0.504 e. The minimum atomic E-state index is -0.347. The van der Waals surface area contributed by atoms with Gasteiger partial charge in [0.1, 0.15) is 0 Å². The molecule has 0 aliphatic rings. The zero-order valence-corrected chi connectivity index (χ0v) is 16.2. The number of fused-ring (bicyclic) bond motifs is 1. The van der Waals surface area contributed by atoms with E-state index in [1.807, 2.05) is 13.0 Å². The van der Waals surface area contributed by atoms with Crippen LogP contribution in [0, 0.1) is 0 Å². The molecule has 0 radical (unpaired) electrons. The van der Waals surface area contributed by atoms with Gasteiger partial charge in [-0.1, -0.05) is 27.7 Å². The summed E-state index contributed by atoms with van der Waals surface area (Å²) in [6.07, 6.45) is 0. The number of benzene rings is 2. The topological polar surface area (TPSA) is 92.4 Å². The van der Waals surface area contributed by atoms with Gasteiger partial charge in [0.25, 0.3) is 5.56 Å². The smallest absolute Gasteiger partial charge is 0.262 e. The largest absolute Gasteiger partial charge is 0.504 e. The van der Waals surface area contributed by atoms with Gasteiger partial charge in [0.2, 0.25) is 0 Å². The predicted octanol–water partition coefficient (Wildman–Crippen LogP) is 3.57. The molecule has 8 heteroatoms. The third kappa shape index (κ3) is 3.61. The van der Waals surface area contributed by atoms with Crippen LogP contribution in [-0.2, 0) is 6.54 Å². The maximum Gasteiger partial charge on any atom is 0.262 e. The summed E-state index contributed by atoms with van der Waals surface area (Å²) >= 11 is 4.52. The number of carbonyl (C=O) groups is 1. The molecule has 134 valence electrons. The van der Waals surface area contributed by atoms with Crippen LogP contribution in [0.1, 0.15) is 17.3 Å². The van der Waals surface area contributed by atoms with E-state index >= 15 is 0 Å². The summed E-state index contributed by atoms with van der Waals surface area (Å²) in [5.41, 5.74) is 0.694. The van der Waals surface area contributed by atoms with Gasteiger partial charge in [0.15, 0.2) is 22.4 Å². The monoisotopic (exact) mass is 434 g/mol. The predicted molar refractivity (Wildman–Crippen MR) is 104 cm³/mol. The molecule has 0 saturated carbocycles. The lowest BCUT2D eigenvalue weighted by molar-refractivity contribution is 0.102. The quantitative estimate of drug-likeness (QED) is 0.276. The van der Waals surface area contributed by atoms with Crippen LogP contribution < -0.4 is 5.56 Å². The molecule has 2 aromatic carbocycles. The molecule has 1 heterocycles. The highest BCUT2D eigenvalue weighted by Crippen LogP contribution is 2.26. The normalized spacial score (nSPS) is 11.0. The van der Waals surface area contributed by atoms with Crippen molar-refractivity contribution in [3.8, 4) is 11.5 Å². The van der Waals surface area contributed by atoms with Crippen molar-refractivity contribution >= 4 is 44.4 Å². The van der Waals surface area contributed by atoms with Crippen molar-refractivity contribution in [1.82, 2.24) is 9.55 Å². The Morgan fingerprint density at radius 2 is 1.96 bits per heavy atom. The fourth-order valence-electron chi connectivity index (χ4n) is 2.47. The number of rotatable bonds is 5. The number of phenols is 2. The first kappa shape index (κ1) is 18.5. The number of ketones is 1. The van der Waals surface area contributed by atoms with Crippen molar-refractivity contribution in [3.63, 3.8) is 0 Å². The maximum absolute atomic E-state index is 12.7. The van der Waals surface area contributed by atoms with Crippen molar-refractivity contribution in [3.05, 3.63) is 56.8 Å². The number of carbonyl (C=O) groups excluding carboxylic acids is 1. The Labute approximate surface area is 161 Å². The van der Waals surface area contributed by atoms with Crippen molar-refractivity contribution in [2.45, 2.75) is 18.6 Å². The van der Waals surface area contributed by atoms with Crippen LogP contribution in [-0.4, -0.2) is 31.3 Å². The number of phenolic OH excluding ortho intramolecular Hbond substituents is 2.